The standard InChI is InChI=1S/C12H13BrFN3/c1-6(2)7-5-8-9(13)3-4-10(14)11(8)16-12(7)17-15/h3-6H,15H2,1-2H3,(H,16,17). The number of nitrogens with two attached hydrogens (primary N) is 1. The van der Waals surface area contributed by atoms with E-state index in [-0.39, 0.29) is 11.7 Å². The van der Waals surface area contributed by atoms with E-state index in [1.807, 2.05) is 19.9 Å². The van der Waals surface area contributed by atoms with Gasteiger partial charge in [-0.1, -0.05) is 29.8 Å². The van der Waals surface area contributed by atoms with Gasteiger partial charge < -0.3 is 5.43 Å². The molecular formula is C12H13BrFN3. The van der Waals surface area contributed by atoms with Crippen molar-refractivity contribution in [1.82, 2.24) is 4.98 Å². The third-order valence-corrected chi connectivity index (χ3v) is 3.36. The van der Waals surface area contributed by atoms with Gasteiger partial charge in [0.25, 0.3) is 0 Å². The Morgan fingerprint density at radius 3 is 2.71 bits per heavy atom. The monoisotopic (exact) mass is 297 g/mol. The van der Waals surface area contributed by atoms with Crippen LogP contribution in [0.1, 0.15) is 25.3 Å². The Bertz CT molecular complexity index is 569. The zero-order chi connectivity index (χ0) is 12.6. The fraction of sp³-hybridized carbons (Fsp3) is 0.250. The normalized spacial score (nSPS) is 11.2. The molecule has 0 saturated carbocycles. The number of aromatic nitrogens is 1. The number of halogens is 2. The lowest BCUT2D eigenvalue weighted by molar-refractivity contribution is 0.636. The predicted molar refractivity (Wildman–Crippen MR) is 71.3 cm³/mol. The molecule has 17 heavy (non-hydrogen) atoms. The third kappa shape index (κ3) is 2.12. The molecule has 0 atom stereocenters. The number of nitrogens with one attached hydrogen (secondary N) is 1. The van der Waals surface area contributed by atoms with Crippen LogP contribution >= 0.6 is 15.9 Å². The van der Waals surface area contributed by atoms with Crippen LogP contribution in [-0.2, 0) is 0 Å². The lowest BCUT2D eigenvalue weighted by Gasteiger charge is -2.13. The minimum atomic E-state index is -0.352. The molecule has 2 aromatic rings. The second-order valence-electron chi connectivity index (χ2n) is 4.15. The van der Waals surface area contributed by atoms with Crippen LogP contribution in [0.2, 0.25) is 0 Å². The number of hydrazine groups is 1. The van der Waals surface area contributed by atoms with Crippen molar-refractivity contribution in [3.05, 3.63) is 34.1 Å². The summed E-state index contributed by atoms with van der Waals surface area (Å²) in [5.74, 6) is 5.84. The maximum Gasteiger partial charge on any atom is 0.149 e. The first-order valence-corrected chi connectivity index (χ1v) is 6.09. The number of rotatable bonds is 2. The van der Waals surface area contributed by atoms with E-state index in [0.29, 0.717) is 11.3 Å². The fourth-order valence-corrected chi connectivity index (χ4v) is 2.20. The molecular weight excluding hydrogens is 285 g/mol. The highest BCUT2D eigenvalue weighted by Crippen LogP contribution is 2.31. The molecule has 0 saturated heterocycles. The number of hydrogen-bond donors (Lipinski definition) is 2. The first-order valence-electron chi connectivity index (χ1n) is 5.30. The van der Waals surface area contributed by atoms with E-state index in [0.717, 1.165) is 15.4 Å². The molecule has 1 heterocycles. The van der Waals surface area contributed by atoms with Crippen LogP contribution in [0.5, 0.6) is 0 Å². The molecule has 90 valence electrons. The maximum absolute atomic E-state index is 13.7. The number of hydrogen-bond acceptors (Lipinski definition) is 3. The molecule has 1 aromatic heterocycles. The summed E-state index contributed by atoms with van der Waals surface area (Å²) < 4.78 is 14.5. The van der Waals surface area contributed by atoms with E-state index >= 15 is 0 Å². The van der Waals surface area contributed by atoms with Crippen molar-refractivity contribution in [2.45, 2.75) is 19.8 Å². The van der Waals surface area contributed by atoms with Crippen molar-refractivity contribution >= 4 is 32.7 Å². The predicted octanol–water partition coefficient (Wildman–Crippen LogP) is 3.55. The van der Waals surface area contributed by atoms with Crippen molar-refractivity contribution in [2.24, 2.45) is 5.84 Å². The summed E-state index contributed by atoms with van der Waals surface area (Å²) in [6.45, 7) is 4.08. The van der Waals surface area contributed by atoms with Crippen molar-refractivity contribution < 1.29 is 4.39 Å². The number of pyridine rings is 1. The second-order valence-corrected chi connectivity index (χ2v) is 5.00. The zero-order valence-corrected chi connectivity index (χ0v) is 11.2. The van der Waals surface area contributed by atoms with E-state index in [1.54, 1.807) is 6.07 Å². The van der Waals surface area contributed by atoms with Crippen LogP contribution in [-0.4, -0.2) is 4.98 Å². The van der Waals surface area contributed by atoms with E-state index in [1.165, 1.54) is 6.07 Å². The second kappa shape index (κ2) is 4.58. The van der Waals surface area contributed by atoms with E-state index in [2.05, 4.69) is 26.3 Å². The molecule has 1 aromatic carbocycles. The van der Waals surface area contributed by atoms with Crippen molar-refractivity contribution in [1.29, 1.82) is 0 Å². The van der Waals surface area contributed by atoms with Gasteiger partial charge in [0.15, 0.2) is 0 Å². The van der Waals surface area contributed by atoms with Crippen molar-refractivity contribution in [2.75, 3.05) is 5.43 Å². The molecule has 0 aliphatic rings. The highest BCUT2D eigenvalue weighted by Gasteiger charge is 2.13. The first-order chi connectivity index (χ1) is 8.04. The number of benzene rings is 1. The van der Waals surface area contributed by atoms with Crippen LogP contribution in [0.25, 0.3) is 10.9 Å². The highest BCUT2D eigenvalue weighted by molar-refractivity contribution is 9.10. The molecule has 2 rings (SSSR count). The molecule has 5 heteroatoms. The van der Waals surface area contributed by atoms with Crippen LogP contribution in [0.3, 0.4) is 0 Å². The molecule has 0 aliphatic heterocycles. The van der Waals surface area contributed by atoms with Gasteiger partial charge >= 0.3 is 0 Å². The summed E-state index contributed by atoms with van der Waals surface area (Å²) >= 11 is 3.40. The highest BCUT2D eigenvalue weighted by atomic mass is 79.9. The van der Waals surface area contributed by atoms with E-state index in [4.69, 9.17) is 5.84 Å². The Hall–Kier alpha value is -1.20. The lowest BCUT2D eigenvalue weighted by atomic mass is 10.0. The molecule has 0 unspecified atom stereocenters. The van der Waals surface area contributed by atoms with Crippen LogP contribution in [0, 0.1) is 5.82 Å². The molecule has 3 nitrogen and oxygen atoms in total. The summed E-state index contributed by atoms with van der Waals surface area (Å²) in [6, 6.07) is 4.98. The SMILES string of the molecule is CC(C)c1cc2c(Br)ccc(F)c2nc1NN. The van der Waals surface area contributed by atoms with Crippen LogP contribution < -0.4 is 11.3 Å². The van der Waals surface area contributed by atoms with Gasteiger partial charge in [-0.05, 0) is 29.7 Å². The minimum absolute atomic E-state index is 0.258. The van der Waals surface area contributed by atoms with Crippen LogP contribution in [0.15, 0.2) is 22.7 Å². The van der Waals surface area contributed by atoms with Gasteiger partial charge in [-0.15, -0.1) is 0 Å². The quantitative estimate of drug-likeness (QED) is 0.658. The Morgan fingerprint density at radius 2 is 2.12 bits per heavy atom. The largest absolute Gasteiger partial charge is 0.308 e. The van der Waals surface area contributed by atoms with Crippen molar-refractivity contribution in [3.63, 3.8) is 0 Å². The number of anilines is 1. The number of nitrogen functional groups attached to an aromatic ring is 1. The number of fused-ring (bicyclic) bond motifs is 1. The average molecular weight is 298 g/mol. The van der Waals surface area contributed by atoms with Gasteiger partial charge in [-0.25, -0.2) is 15.2 Å². The zero-order valence-electron chi connectivity index (χ0n) is 9.59. The maximum atomic E-state index is 13.7. The topological polar surface area (TPSA) is 50.9 Å². The molecule has 0 spiro atoms. The molecule has 0 amide bonds. The molecule has 0 bridgehead atoms. The van der Waals surface area contributed by atoms with Gasteiger partial charge in [-0.2, -0.15) is 0 Å². The Balaban J connectivity index is 2.83. The summed E-state index contributed by atoms with van der Waals surface area (Å²) in [4.78, 5) is 4.23. The molecule has 0 aliphatic carbocycles. The summed E-state index contributed by atoms with van der Waals surface area (Å²) in [6.07, 6.45) is 0. The molecule has 0 radical (unpaired) electrons. The Kier molecular flexibility index (Phi) is 3.31. The lowest BCUT2D eigenvalue weighted by Crippen LogP contribution is -2.12. The Labute approximate surface area is 107 Å². The third-order valence-electron chi connectivity index (χ3n) is 2.67. The summed E-state index contributed by atoms with van der Waals surface area (Å²) in [5, 5.41) is 0.757. The smallest absolute Gasteiger partial charge is 0.149 e. The fourth-order valence-electron chi connectivity index (χ4n) is 1.76. The van der Waals surface area contributed by atoms with E-state index < -0.39 is 0 Å². The summed E-state index contributed by atoms with van der Waals surface area (Å²) in [5.41, 5.74) is 3.80. The molecule has 3 N–H and O–H groups in total. The van der Waals surface area contributed by atoms with Gasteiger partial charge in [-0.3, -0.25) is 0 Å². The minimum Gasteiger partial charge on any atom is -0.308 e. The van der Waals surface area contributed by atoms with Gasteiger partial charge in [0, 0.05) is 9.86 Å². The first kappa shape index (κ1) is 12.3. The number of nitrogens with zero attached hydrogens (tertiary/aromatic N) is 1. The van der Waals surface area contributed by atoms with Gasteiger partial charge in [0.1, 0.15) is 17.2 Å². The Morgan fingerprint density at radius 1 is 1.41 bits per heavy atom. The van der Waals surface area contributed by atoms with E-state index in [9.17, 15) is 4.39 Å². The van der Waals surface area contributed by atoms with Crippen molar-refractivity contribution in [3.8, 4) is 0 Å². The summed E-state index contributed by atoms with van der Waals surface area (Å²) in [7, 11) is 0. The van der Waals surface area contributed by atoms with Gasteiger partial charge in [0.2, 0.25) is 0 Å². The average Bonchev–Trinajstić information content (AvgIpc) is 2.32. The van der Waals surface area contributed by atoms with Gasteiger partial charge in [0.05, 0.1) is 0 Å². The molecule has 0 fully saturated rings. The van der Waals surface area contributed by atoms with Crippen LogP contribution in [0.4, 0.5) is 10.2 Å².